The third-order valence-corrected chi connectivity index (χ3v) is 2.04. The fraction of sp³-hybridized carbons (Fsp3) is 0.111. The number of pyridine rings is 1. The van der Waals surface area contributed by atoms with E-state index in [-0.39, 0.29) is 22.0 Å². The summed E-state index contributed by atoms with van der Waals surface area (Å²) in [7, 11) is 0. The first kappa shape index (κ1) is 13.2. The Morgan fingerprint density at radius 3 is 2.50 bits per heavy atom. The van der Waals surface area contributed by atoms with E-state index < -0.39 is 18.7 Å². The number of hydrogen-bond acceptors (Lipinski definition) is 5. The van der Waals surface area contributed by atoms with Crippen LogP contribution in [0.15, 0.2) is 23.5 Å². The molecule has 0 aliphatic rings. The lowest BCUT2D eigenvalue weighted by Gasteiger charge is -2.14. The van der Waals surface area contributed by atoms with Gasteiger partial charge in [0.2, 0.25) is 0 Å². The molecule has 0 fully saturated rings. The van der Waals surface area contributed by atoms with E-state index in [2.05, 4.69) is 10.1 Å². The first-order chi connectivity index (χ1) is 8.47. The summed E-state index contributed by atoms with van der Waals surface area (Å²) >= 11 is 0. The second-order valence-corrected chi connectivity index (χ2v) is 3.13. The quantitative estimate of drug-likeness (QED) is 0.263. The largest absolute Gasteiger partial charge is 0.465 e. The zero-order chi connectivity index (χ0) is 13.7. The third-order valence-electron chi connectivity index (χ3n) is 2.04. The zero-order valence-corrected chi connectivity index (χ0v) is 9.02. The van der Waals surface area contributed by atoms with Crippen molar-refractivity contribution in [2.45, 2.75) is 6.54 Å². The van der Waals surface area contributed by atoms with Gasteiger partial charge in [0.25, 0.3) is 0 Å². The van der Waals surface area contributed by atoms with Crippen molar-refractivity contribution in [2.24, 2.45) is 10.9 Å². The monoisotopic (exact) mass is 254 g/mol. The molecule has 1 rings (SSSR count). The average molecular weight is 254 g/mol. The maximum Gasteiger partial charge on any atom is 0.417 e. The Balaban J connectivity index is 3.11. The number of imide groups is 1. The Morgan fingerprint density at radius 1 is 1.39 bits per heavy atom. The highest BCUT2D eigenvalue weighted by molar-refractivity contribution is 5.98. The van der Waals surface area contributed by atoms with Crippen LogP contribution in [0.2, 0.25) is 0 Å². The van der Waals surface area contributed by atoms with E-state index in [9.17, 15) is 9.59 Å². The van der Waals surface area contributed by atoms with Gasteiger partial charge in [-0.1, -0.05) is 5.16 Å². The van der Waals surface area contributed by atoms with Crippen molar-refractivity contribution >= 4 is 18.0 Å². The van der Waals surface area contributed by atoms with Gasteiger partial charge >= 0.3 is 12.2 Å². The summed E-state index contributed by atoms with van der Waals surface area (Å²) in [6.07, 6.45) is -1.94. The highest BCUT2D eigenvalue weighted by atomic mass is 16.4. The minimum Gasteiger partial charge on any atom is -0.465 e. The number of nitrogens with zero attached hydrogens (tertiary/aromatic N) is 3. The molecule has 0 radical (unpaired) electrons. The highest BCUT2D eigenvalue weighted by Crippen LogP contribution is 2.09. The van der Waals surface area contributed by atoms with Gasteiger partial charge in [0, 0.05) is 11.8 Å². The van der Waals surface area contributed by atoms with E-state index in [1.807, 2.05) is 0 Å². The summed E-state index contributed by atoms with van der Waals surface area (Å²) in [5.74, 6) is -0.283. The van der Waals surface area contributed by atoms with Crippen LogP contribution in [0.25, 0.3) is 0 Å². The molecule has 18 heavy (non-hydrogen) atoms. The number of oxime groups is 1. The van der Waals surface area contributed by atoms with Gasteiger partial charge in [-0.15, -0.1) is 0 Å². The second-order valence-electron chi connectivity index (χ2n) is 3.13. The Hall–Kier alpha value is -2.84. The smallest absolute Gasteiger partial charge is 0.417 e. The zero-order valence-electron chi connectivity index (χ0n) is 9.02. The molecular weight excluding hydrogens is 244 g/mol. The molecule has 0 unspecified atom stereocenters. The minimum absolute atomic E-state index is 0.0672. The summed E-state index contributed by atoms with van der Waals surface area (Å²) in [6.45, 7) is -0.517. The van der Waals surface area contributed by atoms with Crippen molar-refractivity contribution in [1.82, 2.24) is 9.88 Å². The van der Waals surface area contributed by atoms with Crippen LogP contribution in [0.3, 0.4) is 0 Å². The van der Waals surface area contributed by atoms with Gasteiger partial charge in [-0.3, -0.25) is 4.98 Å². The van der Waals surface area contributed by atoms with E-state index in [0.717, 1.165) is 0 Å². The summed E-state index contributed by atoms with van der Waals surface area (Å²) in [5.41, 5.74) is 5.60. The number of carboxylic acid groups (broad SMARTS) is 2. The van der Waals surface area contributed by atoms with E-state index in [4.69, 9.17) is 21.2 Å². The van der Waals surface area contributed by atoms with Crippen LogP contribution in [0.4, 0.5) is 9.59 Å². The fourth-order valence-electron chi connectivity index (χ4n) is 1.22. The molecule has 0 atom stereocenters. The van der Waals surface area contributed by atoms with Crippen LogP contribution in [0.1, 0.15) is 11.3 Å². The number of carbonyl (C=O) groups is 2. The van der Waals surface area contributed by atoms with Crippen molar-refractivity contribution in [3.8, 4) is 0 Å². The SMILES string of the molecule is N/C(=N\O)c1cccnc1CN(C(=O)O)C(=O)O. The first-order valence-corrected chi connectivity index (χ1v) is 4.62. The van der Waals surface area contributed by atoms with Crippen LogP contribution in [0.5, 0.6) is 0 Å². The molecule has 96 valence electrons. The standard InChI is InChI=1S/C9H10N4O5/c10-7(12-18)5-2-1-3-11-6(5)4-13(8(14)15)9(16)17/h1-3,18H,4H2,(H2,10,12)(H,14,15)(H,16,17). The molecule has 0 spiro atoms. The van der Waals surface area contributed by atoms with Gasteiger partial charge in [-0.25, -0.2) is 14.5 Å². The molecule has 9 heteroatoms. The molecule has 5 N–H and O–H groups in total. The van der Waals surface area contributed by atoms with Crippen LogP contribution < -0.4 is 5.73 Å². The summed E-state index contributed by atoms with van der Waals surface area (Å²) < 4.78 is 0. The molecule has 1 aromatic heterocycles. The maximum atomic E-state index is 10.7. The lowest BCUT2D eigenvalue weighted by Crippen LogP contribution is -2.35. The molecule has 2 amide bonds. The lowest BCUT2D eigenvalue weighted by atomic mass is 10.1. The first-order valence-electron chi connectivity index (χ1n) is 4.62. The maximum absolute atomic E-state index is 10.7. The fourth-order valence-corrected chi connectivity index (χ4v) is 1.22. The van der Waals surface area contributed by atoms with Crippen LogP contribution >= 0.6 is 0 Å². The lowest BCUT2D eigenvalue weighted by molar-refractivity contribution is 0.120. The predicted octanol–water partition coefficient (Wildman–Crippen LogP) is 0.334. The number of hydrogen-bond donors (Lipinski definition) is 4. The molecule has 0 saturated carbocycles. The van der Waals surface area contributed by atoms with Crippen molar-refractivity contribution in [3.05, 3.63) is 29.6 Å². The van der Waals surface area contributed by atoms with Gasteiger partial charge in [0.15, 0.2) is 5.84 Å². The van der Waals surface area contributed by atoms with E-state index >= 15 is 0 Å². The molecule has 0 bridgehead atoms. The molecule has 0 saturated heterocycles. The van der Waals surface area contributed by atoms with E-state index in [1.165, 1.54) is 18.3 Å². The summed E-state index contributed by atoms with van der Waals surface area (Å²) in [6, 6.07) is 2.92. The number of aromatic nitrogens is 1. The number of amidine groups is 1. The van der Waals surface area contributed by atoms with Crippen LogP contribution in [-0.2, 0) is 6.54 Å². The summed E-state index contributed by atoms with van der Waals surface area (Å²) in [4.78, 5) is 25.4. The second kappa shape index (κ2) is 5.48. The highest BCUT2D eigenvalue weighted by Gasteiger charge is 2.22. The number of nitrogens with two attached hydrogens (primary N) is 1. The molecule has 1 aromatic rings. The number of amides is 2. The average Bonchev–Trinajstić information content (AvgIpc) is 2.34. The topological polar surface area (TPSA) is 149 Å². The van der Waals surface area contributed by atoms with Gasteiger partial charge in [0.1, 0.15) is 0 Å². The molecule has 9 nitrogen and oxygen atoms in total. The van der Waals surface area contributed by atoms with E-state index in [1.54, 1.807) is 0 Å². The van der Waals surface area contributed by atoms with Gasteiger partial charge in [-0.2, -0.15) is 0 Å². The third kappa shape index (κ3) is 2.84. The van der Waals surface area contributed by atoms with Crippen LogP contribution in [0, 0.1) is 0 Å². The molecular formula is C9H10N4O5. The minimum atomic E-state index is -1.64. The molecule has 0 aliphatic carbocycles. The van der Waals surface area contributed by atoms with Gasteiger partial charge < -0.3 is 21.2 Å². The molecule has 0 aliphatic heterocycles. The Labute approximate surface area is 101 Å². The van der Waals surface area contributed by atoms with Crippen molar-refractivity contribution in [1.29, 1.82) is 0 Å². The Morgan fingerprint density at radius 2 is 2.00 bits per heavy atom. The summed E-state index contributed by atoms with van der Waals surface area (Å²) in [5, 5.41) is 28.7. The van der Waals surface area contributed by atoms with Crippen molar-refractivity contribution < 1.29 is 25.0 Å². The Kier molecular flexibility index (Phi) is 4.02. The number of rotatable bonds is 3. The van der Waals surface area contributed by atoms with Crippen LogP contribution in [-0.4, -0.2) is 43.3 Å². The predicted molar refractivity (Wildman–Crippen MR) is 58.3 cm³/mol. The molecule has 1 heterocycles. The Bertz CT molecular complexity index is 487. The van der Waals surface area contributed by atoms with Crippen molar-refractivity contribution in [3.63, 3.8) is 0 Å². The van der Waals surface area contributed by atoms with Gasteiger partial charge in [0.05, 0.1) is 12.2 Å². The normalized spacial score (nSPS) is 11.0. The van der Waals surface area contributed by atoms with Crippen molar-refractivity contribution in [2.75, 3.05) is 0 Å². The van der Waals surface area contributed by atoms with Gasteiger partial charge in [-0.05, 0) is 12.1 Å². The van der Waals surface area contributed by atoms with E-state index in [0.29, 0.717) is 0 Å². The molecule has 0 aromatic carbocycles.